The Bertz CT molecular complexity index is 1050. The molecule has 0 aromatic carbocycles. The van der Waals surface area contributed by atoms with E-state index in [-0.39, 0.29) is 78.0 Å². The molecule has 0 fully saturated rings. The average Bonchev–Trinajstić information content (AvgIpc) is 3.79. The molecular formula is C40H72N4OSr. The van der Waals surface area contributed by atoms with E-state index < -0.39 is 0 Å². The third-order valence-corrected chi connectivity index (χ3v) is 11.0. The Morgan fingerprint density at radius 1 is 0.478 bits per heavy atom. The van der Waals surface area contributed by atoms with Crippen molar-refractivity contribution in [3.8, 4) is 0 Å². The summed E-state index contributed by atoms with van der Waals surface area (Å²) in [6.45, 7) is 42.3. The molecule has 0 atom stereocenters. The van der Waals surface area contributed by atoms with E-state index in [1.165, 1.54) is 22.8 Å². The van der Waals surface area contributed by atoms with Crippen LogP contribution in [0.25, 0.3) is 0 Å². The predicted octanol–water partition coefficient (Wildman–Crippen LogP) is 10.4. The summed E-state index contributed by atoms with van der Waals surface area (Å²) in [5, 5.41) is 0. The number of hydrogen-bond donors (Lipinski definition) is 0. The van der Waals surface area contributed by atoms with Crippen molar-refractivity contribution in [2.75, 3.05) is 13.2 Å². The first kappa shape index (κ1) is 45.6. The van der Waals surface area contributed by atoms with Crippen LogP contribution in [-0.2, 0) is 37.2 Å². The maximum absolute atomic E-state index is 5.00. The second kappa shape index (κ2) is 18.0. The summed E-state index contributed by atoms with van der Waals surface area (Å²) in [6, 6.07) is 0. The van der Waals surface area contributed by atoms with E-state index in [1.807, 2.05) is 12.2 Å². The molecule has 5 nitrogen and oxygen atoms in total. The van der Waals surface area contributed by atoms with Gasteiger partial charge in [0.05, 0.1) is 13.2 Å². The average molecular weight is 713 g/mol. The van der Waals surface area contributed by atoms with E-state index in [2.05, 4.69) is 125 Å². The van der Waals surface area contributed by atoms with Crippen molar-refractivity contribution >= 4 is 45.5 Å². The van der Waals surface area contributed by atoms with Crippen LogP contribution in [0.15, 0.2) is 12.2 Å². The van der Waals surface area contributed by atoms with Gasteiger partial charge in [0.2, 0.25) is 0 Å². The van der Waals surface area contributed by atoms with Crippen molar-refractivity contribution in [2.24, 2.45) is 0 Å². The fourth-order valence-corrected chi connectivity index (χ4v) is 4.50. The largest absolute Gasteiger partial charge is 2.00 e. The van der Waals surface area contributed by atoms with Crippen LogP contribution in [0.1, 0.15) is 198 Å². The number of nitrogens with zero attached hydrogens (tertiary/aromatic N) is 4. The van der Waals surface area contributed by atoms with Crippen LogP contribution in [0.2, 0.25) is 0 Å². The molecule has 0 saturated heterocycles. The van der Waals surface area contributed by atoms with Crippen LogP contribution in [-0.4, -0.2) is 68.7 Å². The van der Waals surface area contributed by atoms with Crippen LogP contribution in [0.4, 0.5) is 0 Å². The molecule has 0 bridgehead atoms. The topological polar surface area (TPSA) is 63.2 Å². The van der Waals surface area contributed by atoms with Gasteiger partial charge in [0.25, 0.3) is 0 Å². The molecule has 0 N–H and O–H groups in total. The summed E-state index contributed by atoms with van der Waals surface area (Å²) in [5.74, 6) is 2.04. The molecule has 1 aliphatic rings. The molecule has 6 heteroatoms. The third-order valence-electron chi connectivity index (χ3n) is 11.0. The summed E-state index contributed by atoms with van der Waals surface area (Å²) < 4.78 is 4.83. The van der Waals surface area contributed by atoms with Crippen molar-refractivity contribution in [1.29, 1.82) is 0 Å². The van der Waals surface area contributed by atoms with Gasteiger partial charge in [0, 0.05) is 0 Å². The van der Waals surface area contributed by atoms with Crippen molar-refractivity contribution < 1.29 is 4.74 Å². The Morgan fingerprint density at radius 2 is 0.739 bits per heavy atom. The van der Waals surface area contributed by atoms with Gasteiger partial charge in [-0.25, -0.2) is 0 Å². The zero-order chi connectivity index (χ0) is 35.1. The predicted molar refractivity (Wildman–Crippen MR) is 201 cm³/mol. The van der Waals surface area contributed by atoms with E-state index in [0.29, 0.717) is 0 Å². The molecule has 46 heavy (non-hydrogen) atoms. The standard InChI is InChI=1S/2C18H33N2.C4H6O.Sr/c2*1-10-16(4,5)13-14(17(6,7)11-2)20-15(19-13)18(8,9)12-3;1-2-4-5-3-1;/h2*10-12H2,1-9H3;1-2H,3-4H2;/q2*-1;;+2. The van der Waals surface area contributed by atoms with Gasteiger partial charge >= 0.3 is 45.5 Å². The van der Waals surface area contributed by atoms with Gasteiger partial charge in [0.15, 0.2) is 0 Å². The van der Waals surface area contributed by atoms with Crippen molar-refractivity contribution in [3.05, 3.63) is 46.6 Å². The summed E-state index contributed by atoms with van der Waals surface area (Å²) in [7, 11) is 0. The van der Waals surface area contributed by atoms with Gasteiger partial charge in [-0.2, -0.15) is 0 Å². The van der Waals surface area contributed by atoms with Gasteiger partial charge < -0.3 is 24.7 Å². The number of rotatable bonds is 12. The second-order valence-electron chi connectivity index (χ2n) is 16.9. The normalized spacial score (nSPS) is 14.3. The number of ether oxygens (including phenoxy) is 1. The first-order valence-corrected chi connectivity index (χ1v) is 17.9. The Kier molecular flexibility index (Phi) is 17.9. The molecule has 260 valence electrons. The maximum atomic E-state index is 5.00. The monoisotopic (exact) mass is 712 g/mol. The minimum Gasteiger partial charge on any atom is -0.442 e. The Morgan fingerprint density at radius 3 is 0.935 bits per heavy atom. The maximum Gasteiger partial charge on any atom is 2.00 e. The van der Waals surface area contributed by atoms with E-state index in [0.717, 1.165) is 63.4 Å². The zero-order valence-electron chi connectivity index (χ0n) is 33.7. The molecule has 0 saturated carbocycles. The number of imidazole rings is 2. The minimum absolute atomic E-state index is 0. The van der Waals surface area contributed by atoms with Crippen molar-refractivity contribution in [1.82, 2.24) is 19.9 Å². The fourth-order valence-electron chi connectivity index (χ4n) is 4.50. The second-order valence-corrected chi connectivity index (χ2v) is 16.9. The first-order chi connectivity index (χ1) is 20.5. The fraction of sp³-hybridized carbons (Fsp3) is 0.800. The first-order valence-electron chi connectivity index (χ1n) is 17.9. The molecule has 2 aromatic heterocycles. The summed E-state index contributed by atoms with van der Waals surface area (Å²) in [5.41, 5.74) is 5.33. The molecular weight excluding hydrogens is 640 g/mol. The van der Waals surface area contributed by atoms with Gasteiger partial charge in [-0.1, -0.05) is 171 Å². The third kappa shape index (κ3) is 11.6. The molecule has 0 spiro atoms. The van der Waals surface area contributed by atoms with Crippen LogP contribution in [0.3, 0.4) is 0 Å². The SMILES string of the molecule is C1=CCOC1.CCC(C)(C)c1nc(C(C)(C)CC)c(C(C)(C)CC)[n-]1.CCC(C)(C)c1nc(C(C)(C)CC)c(C(C)(C)CC)[n-]1.[Sr+2]. The Balaban J connectivity index is 0.000000747. The van der Waals surface area contributed by atoms with E-state index in [1.54, 1.807) is 0 Å². The van der Waals surface area contributed by atoms with Crippen LogP contribution < -0.4 is 9.97 Å². The summed E-state index contributed by atoms with van der Waals surface area (Å²) in [4.78, 5) is 20.0. The van der Waals surface area contributed by atoms with Gasteiger partial charge in [-0.15, -0.1) is 0 Å². The van der Waals surface area contributed by atoms with Crippen LogP contribution in [0.5, 0.6) is 0 Å². The van der Waals surface area contributed by atoms with Gasteiger partial charge in [0.1, 0.15) is 0 Å². The molecule has 3 heterocycles. The quantitative estimate of drug-likeness (QED) is 0.162. The van der Waals surface area contributed by atoms with E-state index in [4.69, 9.17) is 24.7 Å². The summed E-state index contributed by atoms with van der Waals surface area (Å²) in [6.07, 6.45) is 10.5. The van der Waals surface area contributed by atoms with Crippen molar-refractivity contribution in [2.45, 2.75) is 196 Å². The van der Waals surface area contributed by atoms with Crippen LogP contribution in [0, 0.1) is 0 Å². The van der Waals surface area contributed by atoms with E-state index >= 15 is 0 Å². The van der Waals surface area contributed by atoms with Crippen molar-refractivity contribution in [3.63, 3.8) is 0 Å². The molecule has 1 aliphatic heterocycles. The molecule has 2 aromatic rings. The summed E-state index contributed by atoms with van der Waals surface area (Å²) >= 11 is 0. The van der Waals surface area contributed by atoms with Crippen LogP contribution >= 0.6 is 0 Å². The Labute approximate surface area is 323 Å². The zero-order valence-corrected chi connectivity index (χ0v) is 37.2. The molecule has 0 amide bonds. The molecule has 0 radical (unpaired) electrons. The Hall–Kier alpha value is -0.399. The molecule has 3 rings (SSSR count). The number of aromatic nitrogens is 4. The number of hydrogen-bond acceptors (Lipinski definition) is 3. The minimum atomic E-state index is 0. The van der Waals surface area contributed by atoms with Gasteiger partial charge in [-0.3, -0.25) is 0 Å². The molecule has 0 aliphatic carbocycles. The molecule has 0 unspecified atom stereocenters. The van der Waals surface area contributed by atoms with Gasteiger partial charge in [-0.05, 0) is 71.0 Å². The smallest absolute Gasteiger partial charge is 0.442 e. The van der Waals surface area contributed by atoms with E-state index in [9.17, 15) is 0 Å².